The highest BCUT2D eigenvalue weighted by Crippen LogP contribution is 2.56. The number of nitrogen functional groups attached to an aromatic ring is 2. The minimum Gasteiger partial charge on any atom is -0.399 e. The van der Waals surface area contributed by atoms with E-state index in [9.17, 15) is 0 Å². The molecule has 0 heterocycles. The van der Waals surface area contributed by atoms with Crippen molar-refractivity contribution in [2.45, 2.75) is 5.41 Å². The van der Waals surface area contributed by atoms with Crippen molar-refractivity contribution < 1.29 is 0 Å². The summed E-state index contributed by atoms with van der Waals surface area (Å²) in [5.41, 5.74) is 22.5. The lowest BCUT2D eigenvalue weighted by molar-refractivity contribution is 0.768. The van der Waals surface area contributed by atoms with Crippen molar-refractivity contribution in [1.29, 1.82) is 0 Å². The molecule has 31 heavy (non-hydrogen) atoms. The lowest BCUT2D eigenvalue weighted by atomic mass is 9.67. The summed E-state index contributed by atoms with van der Waals surface area (Å²) in [6.07, 6.45) is 3.80. The number of hydrogen-bond acceptors (Lipinski definition) is 2. The molecule has 2 heteroatoms. The van der Waals surface area contributed by atoms with Gasteiger partial charge in [-0.25, -0.2) is 0 Å². The van der Waals surface area contributed by atoms with Crippen LogP contribution in [0, 0.1) is 0 Å². The third kappa shape index (κ3) is 2.72. The molecule has 1 aliphatic rings. The zero-order chi connectivity index (χ0) is 21.6. The summed E-state index contributed by atoms with van der Waals surface area (Å²) in [4.78, 5) is 0. The molecule has 5 rings (SSSR count). The van der Waals surface area contributed by atoms with Crippen molar-refractivity contribution in [3.63, 3.8) is 0 Å². The maximum absolute atomic E-state index is 6.06. The Balaban J connectivity index is 1.97. The van der Waals surface area contributed by atoms with Crippen LogP contribution in [0.4, 0.5) is 11.4 Å². The molecule has 0 unspecified atom stereocenters. The first-order valence-electron chi connectivity index (χ1n) is 10.3. The maximum atomic E-state index is 6.06. The minimum atomic E-state index is -0.496. The highest BCUT2D eigenvalue weighted by atomic mass is 14.6. The molecule has 150 valence electrons. The molecule has 0 fully saturated rings. The number of anilines is 2. The Morgan fingerprint density at radius 2 is 0.935 bits per heavy atom. The average molecular weight is 401 g/mol. The van der Waals surface area contributed by atoms with Gasteiger partial charge in [-0.3, -0.25) is 0 Å². The van der Waals surface area contributed by atoms with Crippen LogP contribution in [0.3, 0.4) is 0 Å². The monoisotopic (exact) mass is 400 g/mol. The zero-order valence-corrected chi connectivity index (χ0v) is 17.3. The van der Waals surface area contributed by atoms with E-state index in [1.807, 2.05) is 36.4 Å². The van der Waals surface area contributed by atoms with Gasteiger partial charge >= 0.3 is 0 Å². The molecule has 0 saturated heterocycles. The number of nitrogens with two attached hydrogens (primary N) is 2. The van der Waals surface area contributed by atoms with Crippen LogP contribution in [0.1, 0.15) is 33.4 Å². The van der Waals surface area contributed by atoms with E-state index in [0.717, 1.165) is 33.6 Å². The summed E-state index contributed by atoms with van der Waals surface area (Å²) in [5, 5.41) is 0. The minimum absolute atomic E-state index is 0.496. The molecule has 0 spiro atoms. The van der Waals surface area contributed by atoms with Gasteiger partial charge in [-0.2, -0.15) is 0 Å². The van der Waals surface area contributed by atoms with Gasteiger partial charge in [0.1, 0.15) is 0 Å². The molecule has 0 aliphatic heterocycles. The van der Waals surface area contributed by atoms with Crippen LogP contribution in [-0.2, 0) is 5.41 Å². The molecular formula is C29H24N2. The van der Waals surface area contributed by atoms with Gasteiger partial charge in [-0.15, -0.1) is 0 Å². The first-order chi connectivity index (χ1) is 15.1. The summed E-state index contributed by atoms with van der Waals surface area (Å²) in [6.45, 7) is 8.01. The second-order valence-corrected chi connectivity index (χ2v) is 8.01. The lowest BCUT2D eigenvalue weighted by Crippen LogP contribution is -2.28. The summed E-state index contributed by atoms with van der Waals surface area (Å²) < 4.78 is 0. The van der Waals surface area contributed by atoms with E-state index < -0.39 is 5.41 Å². The smallest absolute Gasteiger partial charge is 0.0714 e. The highest BCUT2D eigenvalue weighted by Gasteiger charge is 2.46. The van der Waals surface area contributed by atoms with Crippen molar-refractivity contribution in [1.82, 2.24) is 0 Å². The summed E-state index contributed by atoms with van der Waals surface area (Å²) in [6, 6.07) is 29.6. The molecule has 4 aromatic rings. The van der Waals surface area contributed by atoms with Crippen LogP contribution < -0.4 is 11.5 Å². The standard InChI is InChI=1S/C29H24N2/c1-3-19-5-15-25-26-16-6-20(4-2)18-28(26)29(27(25)17-19,21-7-11-23(30)12-8-21)22-9-13-24(31)14-10-22/h3-18H,1-2,30-31H2. The van der Waals surface area contributed by atoms with E-state index in [2.05, 4.69) is 73.8 Å². The van der Waals surface area contributed by atoms with Crippen molar-refractivity contribution in [3.05, 3.63) is 131 Å². The second kappa shape index (κ2) is 7.03. The third-order valence-electron chi connectivity index (χ3n) is 6.34. The van der Waals surface area contributed by atoms with Crippen LogP contribution in [0.15, 0.2) is 98.1 Å². The number of benzene rings is 4. The Morgan fingerprint density at radius 1 is 0.548 bits per heavy atom. The van der Waals surface area contributed by atoms with Gasteiger partial charge in [0.25, 0.3) is 0 Å². The van der Waals surface area contributed by atoms with E-state index >= 15 is 0 Å². The van der Waals surface area contributed by atoms with Crippen molar-refractivity contribution in [3.8, 4) is 11.1 Å². The third-order valence-corrected chi connectivity index (χ3v) is 6.34. The summed E-state index contributed by atoms with van der Waals surface area (Å²) in [5.74, 6) is 0. The van der Waals surface area contributed by atoms with Crippen molar-refractivity contribution in [2.75, 3.05) is 11.5 Å². The average Bonchev–Trinajstić information content (AvgIpc) is 3.09. The quantitative estimate of drug-likeness (QED) is 0.338. The first kappa shape index (κ1) is 19.0. The zero-order valence-electron chi connectivity index (χ0n) is 17.3. The van der Waals surface area contributed by atoms with Crippen LogP contribution >= 0.6 is 0 Å². The molecule has 0 bridgehead atoms. The molecule has 2 nitrogen and oxygen atoms in total. The number of hydrogen-bond donors (Lipinski definition) is 2. The fraction of sp³-hybridized carbons (Fsp3) is 0.0345. The normalized spacial score (nSPS) is 13.3. The Morgan fingerprint density at radius 3 is 1.29 bits per heavy atom. The Hall–Kier alpha value is -4.04. The Labute approximate surface area is 183 Å². The van der Waals surface area contributed by atoms with Gasteiger partial charge < -0.3 is 11.5 Å². The van der Waals surface area contributed by atoms with Crippen LogP contribution in [-0.4, -0.2) is 0 Å². The molecule has 0 atom stereocenters. The predicted molar refractivity (Wildman–Crippen MR) is 133 cm³/mol. The molecule has 0 amide bonds. The summed E-state index contributed by atoms with van der Waals surface area (Å²) >= 11 is 0. The van der Waals surface area contributed by atoms with Crippen LogP contribution in [0.5, 0.6) is 0 Å². The molecule has 0 saturated carbocycles. The molecule has 1 aliphatic carbocycles. The van der Waals surface area contributed by atoms with Gasteiger partial charge in [-0.1, -0.05) is 73.8 Å². The maximum Gasteiger partial charge on any atom is 0.0714 e. The van der Waals surface area contributed by atoms with E-state index in [0.29, 0.717) is 0 Å². The largest absolute Gasteiger partial charge is 0.399 e. The van der Waals surface area contributed by atoms with Crippen LogP contribution in [0.2, 0.25) is 0 Å². The van der Waals surface area contributed by atoms with Crippen molar-refractivity contribution >= 4 is 23.5 Å². The fourth-order valence-corrected chi connectivity index (χ4v) is 4.87. The highest BCUT2D eigenvalue weighted by molar-refractivity contribution is 5.88. The van der Waals surface area contributed by atoms with Gasteiger partial charge in [0.2, 0.25) is 0 Å². The summed E-state index contributed by atoms with van der Waals surface area (Å²) in [7, 11) is 0. The predicted octanol–water partition coefficient (Wildman–Crippen LogP) is 6.50. The van der Waals surface area contributed by atoms with Gasteiger partial charge in [0, 0.05) is 11.4 Å². The van der Waals surface area contributed by atoms with E-state index in [4.69, 9.17) is 11.5 Å². The van der Waals surface area contributed by atoms with Gasteiger partial charge in [0.15, 0.2) is 0 Å². The molecule has 0 aromatic heterocycles. The van der Waals surface area contributed by atoms with Crippen molar-refractivity contribution in [2.24, 2.45) is 0 Å². The molecular weight excluding hydrogens is 376 g/mol. The van der Waals surface area contributed by atoms with Crippen LogP contribution in [0.25, 0.3) is 23.3 Å². The Bertz CT molecular complexity index is 1210. The topological polar surface area (TPSA) is 52.0 Å². The van der Waals surface area contributed by atoms with E-state index in [1.54, 1.807) is 0 Å². The second-order valence-electron chi connectivity index (χ2n) is 8.01. The molecule has 0 radical (unpaired) electrons. The number of fused-ring (bicyclic) bond motifs is 3. The van der Waals surface area contributed by atoms with E-state index in [-0.39, 0.29) is 0 Å². The van der Waals surface area contributed by atoms with Gasteiger partial charge in [-0.05, 0) is 80.9 Å². The SMILES string of the molecule is C=Cc1ccc2c(c1)C(c1ccc(N)cc1)(c1ccc(N)cc1)c1cc(C=C)ccc1-2. The first-order valence-corrected chi connectivity index (χ1v) is 10.3. The lowest BCUT2D eigenvalue weighted by Gasteiger charge is -2.34. The van der Waals surface area contributed by atoms with E-state index in [1.165, 1.54) is 22.3 Å². The van der Waals surface area contributed by atoms with Gasteiger partial charge in [0.05, 0.1) is 5.41 Å². The number of rotatable bonds is 4. The molecule has 4 aromatic carbocycles. The Kier molecular flexibility index (Phi) is 4.30. The molecule has 4 N–H and O–H groups in total. The fourth-order valence-electron chi connectivity index (χ4n) is 4.87.